The fraction of sp³-hybridized carbons (Fsp3) is 1.00. The molecule has 0 aromatic carbocycles. The molecule has 6 nitrogen and oxygen atoms in total. The van der Waals surface area contributed by atoms with E-state index in [9.17, 15) is 15.3 Å². The summed E-state index contributed by atoms with van der Waals surface area (Å²) >= 11 is 0. The lowest BCUT2D eigenvalue weighted by molar-refractivity contribution is -0.196. The number of aliphatic hydroxyl groups excluding tert-OH is 5. The average Bonchev–Trinajstić information content (AvgIpc) is 2.23. The van der Waals surface area contributed by atoms with Crippen molar-refractivity contribution in [1.82, 2.24) is 0 Å². The minimum Gasteiger partial charge on any atom is -0.396 e. The number of hydrogen-bond acceptors (Lipinski definition) is 6. The van der Waals surface area contributed by atoms with E-state index in [0.717, 1.165) is 7.11 Å². The van der Waals surface area contributed by atoms with Gasteiger partial charge in [-0.2, -0.15) is 0 Å². The van der Waals surface area contributed by atoms with E-state index in [1.807, 2.05) is 0 Å². The summed E-state index contributed by atoms with van der Waals surface area (Å²) < 4.78 is 4.37. The second-order valence-electron chi connectivity index (χ2n) is 3.26. The molecule has 0 saturated carbocycles. The predicted octanol–water partition coefficient (Wildman–Crippen LogP) is -2.34. The van der Waals surface area contributed by atoms with Crippen molar-refractivity contribution >= 4 is 0 Å². The van der Waals surface area contributed by atoms with Crippen molar-refractivity contribution in [1.29, 1.82) is 0 Å². The van der Waals surface area contributed by atoms with Crippen LogP contribution < -0.4 is 0 Å². The molecule has 0 rings (SSSR count). The summed E-state index contributed by atoms with van der Waals surface area (Å²) in [5, 5.41) is 45.6. The lowest BCUT2D eigenvalue weighted by Crippen LogP contribution is -2.47. The van der Waals surface area contributed by atoms with Crippen molar-refractivity contribution in [2.45, 2.75) is 31.5 Å². The van der Waals surface area contributed by atoms with Crippen LogP contribution in [0.2, 0.25) is 0 Å². The van der Waals surface area contributed by atoms with E-state index < -0.39 is 30.5 Å². The summed E-state index contributed by atoms with van der Waals surface area (Å²) in [6.45, 7) is 1.17. The Kier molecular flexibility index (Phi) is 6.17. The number of methoxy groups -OCH3 is 1. The van der Waals surface area contributed by atoms with E-state index in [0.29, 0.717) is 0 Å². The van der Waals surface area contributed by atoms with Gasteiger partial charge < -0.3 is 30.3 Å². The van der Waals surface area contributed by atoms with Crippen molar-refractivity contribution in [3.63, 3.8) is 0 Å². The van der Waals surface area contributed by atoms with Crippen molar-refractivity contribution in [2.75, 3.05) is 13.7 Å². The Balaban J connectivity index is 4.22. The molecule has 14 heavy (non-hydrogen) atoms. The van der Waals surface area contributed by atoms with Gasteiger partial charge in [0.1, 0.15) is 12.2 Å². The van der Waals surface area contributed by atoms with Crippen LogP contribution in [-0.4, -0.2) is 63.9 Å². The van der Waals surface area contributed by atoms with Crippen molar-refractivity contribution in [3.05, 3.63) is 0 Å². The normalized spacial score (nSPS) is 22.5. The summed E-state index contributed by atoms with van der Waals surface area (Å²) in [6, 6.07) is 0. The monoisotopic (exact) mass is 210 g/mol. The maximum atomic E-state index is 9.36. The molecular formula is C8H18O6. The molecule has 86 valence electrons. The molecule has 0 aliphatic rings. The van der Waals surface area contributed by atoms with E-state index in [4.69, 9.17) is 10.2 Å². The third-order valence-electron chi connectivity index (χ3n) is 2.10. The van der Waals surface area contributed by atoms with Gasteiger partial charge in [0.05, 0.1) is 6.10 Å². The van der Waals surface area contributed by atoms with Crippen LogP contribution in [0.1, 0.15) is 6.92 Å². The first-order chi connectivity index (χ1) is 6.45. The lowest BCUT2D eigenvalue weighted by Gasteiger charge is -2.28. The highest BCUT2D eigenvalue weighted by atomic mass is 16.6. The molecule has 0 heterocycles. The maximum absolute atomic E-state index is 9.36. The third-order valence-corrected chi connectivity index (χ3v) is 2.10. The van der Waals surface area contributed by atoms with Gasteiger partial charge in [0, 0.05) is 19.6 Å². The minimum atomic E-state index is -1.61. The van der Waals surface area contributed by atoms with E-state index >= 15 is 0 Å². The third kappa shape index (κ3) is 3.49. The zero-order valence-electron chi connectivity index (χ0n) is 8.24. The average molecular weight is 210 g/mol. The fourth-order valence-electron chi connectivity index (χ4n) is 0.955. The Morgan fingerprint density at radius 2 is 1.50 bits per heavy atom. The molecule has 0 aromatic rings. The molecule has 0 fully saturated rings. The van der Waals surface area contributed by atoms with Gasteiger partial charge in [-0.05, 0) is 0 Å². The molecule has 0 saturated heterocycles. The molecule has 6 heteroatoms. The van der Waals surface area contributed by atoms with Gasteiger partial charge in [-0.1, -0.05) is 6.92 Å². The summed E-state index contributed by atoms with van der Waals surface area (Å²) in [5.74, 6) is -0.594. The van der Waals surface area contributed by atoms with E-state index in [1.54, 1.807) is 0 Å². The molecule has 0 amide bonds. The highest BCUT2D eigenvalue weighted by Crippen LogP contribution is 2.12. The van der Waals surface area contributed by atoms with Gasteiger partial charge in [0.25, 0.3) is 0 Å². The smallest absolute Gasteiger partial charge is 0.183 e. The SMILES string of the molecule is CO[C@@H](O)C(O)C(O)[C@@H](O)C(C)CO. The van der Waals surface area contributed by atoms with Gasteiger partial charge in [0.15, 0.2) is 6.29 Å². The summed E-state index contributed by atoms with van der Waals surface area (Å²) in [6.07, 6.45) is -6.05. The maximum Gasteiger partial charge on any atom is 0.183 e. The van der Waals surface area contributed by atoms with Gasteiger partial charge in [0.2, 0.25) is 0 Å². The number of hydrogen-bond donors (Lipinski definition) is 5. The molecule has 5 N–H and O–H groups in total. The molecule has 0 aliphatic carbocycles. The minimum absolute atomic E-state index is 0.325. The van der Waals surface area contributed by atoms with Crippen molar-refractivity contribution < 1.29 is 30.3 Å². The molecule has 0 aromatic heterocycles. The molecule has 0 aliphatic heterocycles. The molecule has 3 unspecified atom stereocenters. The van der Waals surface area contributed by atoms with Crippen LogP contribution in [0.25, 0.3) is 0 Å². The number of ether oxygens (including phenoxy) is 1. The van der Waals surface area contributed by atoms with E-state index in [-0.39, 0.29) is 6.61 Å². The zero-order valence-corrected chi connectivity index (χ0v) is 8.24. The summed E-state index contributed by atoms with van der Waals surface area (Å²) in [7, 11) is 1.16. The number of aliphatic hydroxyl groups is 5. The highest BCUT2D eigenvalue weighted by Gasteiger charge is 2.32. The van der Waals surface area contributed by atoms with Gasteiger partial charge >= 0.3 is 0 Å². The lowest BCUT2D eigenvalue weighted by atomic mass is 9.97. The summed E-state index contributed by atoms with van der Waals surface area (Å²) in [4.78, 5) is 0. The van der Waals surface area contributed by atoms with Gasteiger partial charge in [-0.15, -0.1) is 0 Å². The van der Waals surface area contributed by atoms with Crippen LogP contribution in [0.3, 0.4) is 0 Å². The Hall–Kier alpha value is -0.240. The van der Waals surface area contributed by atoms with Crippen LogP contribution in [0.5, 0.6) is 0 Å². The topological polar surface area (TPSA) is 110 Å². The molecule has 0 radical (unpaired) electrons. The highest BCUT2D eigenvalue weighted by molar-refractivity contribution is 4.80. The first kappa shape index (κ1) is 13.8. The molecular weight excluding hydrogens is 192 g/mol. The molecule has 0 bridgehead atoms. The van der Waals surface area contributed by atoms with Crippen LogP contribution in [0.15, 0.2) is 0 Å². The Labute approximate surface area is 82.4 Å². The van der Waals surface area contributed by atoms with Gasteiger partial charge in [-0.25, -0.2) is 0 Å². The first-order valence-electron chi connectivity index (χ1n) is 4.31. The van der Waals surface area contributed by atoms with Crippen LogP contribution in [0.4, 0.5) is 0 Å². The Bertz CT molecular complexity index is 137. The summed E-state index contributed by atoms with van der Waals surface area (Å²) in [5.41, 5.74) is 0. The Morgan fingerprint density at radius 1 is 1.00 bits per heavy atom. The fourth-order valence-corrected chi connectivity index (χ4v) is 0.955. The standard InChI is InChI=1S/C8H18O6/c1-4(3-9)5(10)6(11)7(12)8(13)14-2/h4-13H,3H2,1-2H3/t4?,5-,6?,7?,8+/m0/s1. The molecule has 5 atom stereocenters. The molecule has 0 spiro atoms. The van der Waals surface area contributed by atoms with E-state index in [2.05, 4.69) is 4.74 Å². The first-order valence-corrected chi connectivity index (χ1v) is 4.31. The van der Waals surface area contributed by atoms with Crippen LogP contribution in [-0.2, 0) is 4.74 Å². The quantitative estimate of drug-likeness (QED) is 0.314. The zero-order chi connectivity index (χ0) is 11.3. The van der Waals surface area contributed by atoms with E-state index in [1.165, 1.54) is 6.92 Å². The predicted molar refractivity (Wildman–Crippen MR) is 47.3 cm³/mol. The van der Waals surface area contributed by atoms with Crippen molar-refractivity contribution in [2.24, 2.45) is 5.92 Å². The van der Waals surface area contributed by atoms with Crippen LogP contribution >= 0.6 is 0 Å². The second kappa shape index (κ2) is 6.28. The Morgan fingerprint density at radius 3 is 1.86 bits per heavy atom. The largest absolute Gasteiger partial charge is 0.396 e. The number of rotatable bonds is 6. The van der Waals surface area contributed by atoms with Crippen LogP contribution in [0, 0.1) is 5.92 Å². The van der Waals surface area contributed by atoms with Gasteiger partial charge in [-0.3, -0.25) is 0 Å². The van der Waals surface area contributed by atoms with Crippen molar-refractivity contribution in [3.8, 4) is 0 Å². The second-order valence-corrected chi connectivity index (χ2v) is 3.26.